The van der Waals surface area contributed by atoms with E-state index in [1.807, 2.05) is 43.5 Å². The van der Waals surface area contributed by atoms with Crippen LogP contribution in [0.5, 0.6) is 0 Å². The van der Waals surface area contributed by atoms with Crippen molar-refractivity contribution in [1.82, 2.24) is 9.47 Å². The molecular weight excluding hydrogens is 404 g/mol. The number of aromatic nitrogens is 1. The first-order valence-corrected chi connectivity index (χ1v) is 12.1. The number of likely N-dealkylation sites (N-methyl/N-ethyl adjacent to an activating group) is 1. The van der Waals surface area contributed by atoms with Gasteiger partial charge in [0.2, 0.25) is 0 Å². The van der Waals surface area contributed by atoms with Crippen LogP contribution in [0.25, 0.3) is 0 Å². The molecule has 0 spiro atoms. The topological polar surface area (TPSA) is 59.4 Å². The molecule has 0 saturated carbocycles. The number of carbonyl (C=O) groups is 1. The molecule has 148 valence electrons. The van der Waals surface area contributed by atoms with Gasteiger partial charge in [0.15, 0.2) is 15.6 Å². The highest BCUT2D eigenvalue weighted by molar-refractivity contribution is 7.91. The zero-order valence-electron chi connectivity index (χ0n) is 15.9. The Morgan fingerprint density at radius 3 is 2.67 bits per heavy atom. The van der Waals surface area contributed by atoms with Crippen molar-refractivity contribution in [1.29, 1.82) is 0 Å². The monoisotopic (exact) mass is 428 g/mol. The van der Waals surface area contributed by atoms with Gasteiger partial charge in [-0.15, -0.1) is 11.3 Å². The third-order valence-corrected chi connectivity index (χ3v) is 8.15. The van der Waals surface area contributed by atoms with Gasteiger partial charge in [0.05, 0.1) is 22.4 Å². The van der Waals surface area contributed by atoms with Gasteiger partial charge < -0.3 is 4.57 Å². The van der Waals surface area contributed by atoms with E-state index in [1.165, 1.54) is 11.3 Å². The molecule has 0 amide bonds. The molecule has 3 heterocycles. The van der Waals surface area contributed by atoms with Crippen LogP contribution in [0.15, 0.2) is 18.2 Å². The SMILES string of the molecule is CCN(CC(=O)c1cc(C)n(C2CCS(=O)(=O)C2)c1C)Cc1ccc(Cl)s1. The van der Waals surface area contributed by atoms with Crippen LogP contribution in [0.2, 0.25) is 4.34 Å². The van der Waals surface area contributed by atoms with E-state index in [4.69, 9.17) is 11.6 Å². The molecule has 1 aliphatic heterocycles. The predicted octanol–water partition coefficient (Wildman–Crippen LogP) is 3.88. The minimum atomic E-state index is -2.97. The number of hydrogen-bond donors (Lipinski definition) is 0. The van der Waals surface area contributed by atoms with Crippen molar-refractivity contribution < 1.29 is 13.2 Å². The number of carbonyl (C=O) groups excluding carboxylic acids is 1. The second-order valence-electron chi connectivity index (χ2n) is 7.14. The lowest BCUT2D eigenvalue weighted by Gasteiger charge is -2.19. The van der Waals surface area contributed by atoms with Crippen LogP contribution < -0.4 is 0 Å². The molecule has 1 fully saturated rings. The molecule has 5 nitrogen and oxygen atoms in total. The van der Waals surface area contributed by atoms with E-state index in [0.29, 0.717) is 25.1 Å². The molecule has 27 heavy (non-hydrogen) atoms. The summed E-state index contributed by atoms with van der Waals surface area (Å²) in [5.41, 5.74) is 2.51. The molecule has 8 heteroatoms. The van der Waals surface area contributed by atoms with E-state index >= 15 is 0 Å². The van der Waals surface area contributed by atoms with Crippen molar-refractivity contribution >= 4 is 38.6 Å². The predicted molar refractivity (Wildman–Crippen MR) is 111 cm³/mol. The molecule has 1 aliphatic rings. The van der Waals surface area contributed by atoms with Crippen LogP contribution in [-0.2, 0) is 16.4 Å². The van der Waals surface area contributed by atoms with Crippen molar-refractivity contribution in [2.45, 2.75) is 39.8 Å². The Hall–Kier alpha value is -1.15. The summed E-state index contributed by atoms with van der Waals surface area (Å²) in [6.07, 6.45) is 0.618. The Kier molecular flexibility index (Phi) is 6.15. The fourth-order valence-corrected chi connectivity index (χ4v) is 6.66. The number of sulfone groups is 1. The van der Waals surface area contributed by atoms with Crippen molar-refractivity contribution in [2.75, 3.05) is 24.6 Å². The van der Waals surface area contributed by atoms with Gasteiger partial charge in [-0.2, -0.15) is 0 Å². The minimum absolute atomic E-state index is 0.0629. The van der Waals surface area contributed by atoms with Crippen LogP contribution >= 0.6 is 22.9 Å². The van der Waals surface area contributed by atoms with Gasteiger partial charge in [-0.25, -0.2) is 8.42 Å². The second kappa shape index (κ2) is 8.07. The Morgan fingerprint density at radius 1 is 1.37 bits per heavy atom. The molecule has 3 rings (SSSR count). The first-order valence-electron chi connectivity index (χ1n) is 9.08. The van der Waals surface area contributed by atoms with E-state index in [9.17, 15) is 13.2 Å². The Bertz CT molecular complexity index is 946. The minimum Gasteiger partial charge on any atom is -0.344 e. The molecular formula is C19H25ClN2O3S2. The van der Waals surface area contributed by atoms with Gasteiger partial charge in [-0.1, -0.05) is 18.5 Å². The molecule has 2 aromatic heterocycles. The van der Waals surface area contributed by atoms with Crippen molar-refractivity contribution in [3.05, 3.63) is 44.4 Å². The fourth-order valence-electron chi connectivity index (χ4n) is 3.83. The molecule has 0 radical (unpaired) electrons. The quantitative estimate of drug-likeness (QED) is 0.628. The van der Waals surface area contributed by atoms with Gasteiger partial charge in [0.1, 0.15) is 0 Å². The summed E-state index contributed by atoms with van der Waals surface area (Å²) in [4.78, 5) is 16.2. The third-order valence-electron chi connectivity index (χ3n) is 5.18. The zero-order chi connectivity index (χ0) is 19.8. The number of rotatable bonds is 7. The Balaban J connectivity index is 1.75. The maximum absolute atomic E-state index is 12.9. The maximum Gasteiger partial charge on any atom is 0.178 e. The Labute approximate surface area is 169 Å². The second-order valence-corrected chi connectivity index (χ2v) is 11.2. The summed E-state index contributed by atoms with van der Waals surface area (Å²) in [5, 5.41) is 0. The fraction of sp³-hybridized carbons (Fsp3) is 0.526. The number of halogens is 1. The average molecular weight is 429 g/mol. The van der Waals surface area contributed by atoms with Crippen LogP contribution in [-0.4, -0.2) is 48.3 Å². The van der Waals surface area contributed by atoms with Gasteiger partial charge in [-0.3, -0.25) is 9.69 Å². The van der Waals surface area contributed by atoms with E-state index in [0.717, 1.165) is 27.1 Å². The van der Waals surface area contributed by atoms with Gasteiger partial charge >= 0.3 is 0 Å². The zero-order valence-corrected chi connectivity index (χ0v) is 18.3. The number of nitrogens with zero attached hydrogens (tertiary/aromatic N) is 2. The molecule has 1 saturated heterocycles. The molecule has 2 aromatic rings. The molecule has 0 bridgehead atoms. The average Bonchev–Trinajstić information content (AvgIpc) is 3.24. The molecule has 0 aliphatic carbocycles. The molecule has 1 atom stereocenters. The lowest BCUT2D eigenvalue weighted by molar-refractivity contribution is 0.0929. The first-order chi connectivity index (χ1) is 12.7. The van der Waals surface area contributed by atoms with E-state index in [1.54, 1.807) is 0 Å². The number of ketones is 1. The number of thiophene rings is 1. The van der Waals surface area contributed by atoms with Crippen molar-refractivity contribution in [3.8, 4) is 0 Å². The van der Waals surface area contributed by atoms with E-state index < -0.39 is 9.84 Å². The number of hydrogen-bond acceptors (Lipinski definition) is 5. The van der Waals surface area contributed by atoms with Crippen LogP contribution in [0, 0.1) is 13.8 Å². The standard InChI is InChI=1S/C19H25ClN2O3S2/c1-4-21(10-16-5-6-19(20)26-16)11-18(23)17-9-13(2)22(14(17)3)15-7-8-27(24,25)12-15/h5-6,9,15H,4,7-8,10-12H2,1-3H3. The summed E-state index contributed by atoms with van der Waals surface area (Å²) in [6, 6.07) is 5.71. The first kappa shape index (κ1) is 20.6. The summed E-state index contributed by atoms with van der Waals surface area (Å²) in [5.74, 6) is 0.460. The summed E-state index contributed by atoms with van der Waals surface area (Å²) >= 11 is 7.53. The van der Waals surface area contributed by atoms with E-state index in [2.05, 4.69) is 4.90 Å². The number of Topliss-reactive ketones (excluding diaryl/α,β-unsaturated/α-hetero) is 1. The normalized spacial score (nSPS) is 19.1. The van der Waals surface area contributed by atoms with Gasteiger partial charge in [-0.05, 0) is 45.0 Å². The highest BCUT2D eigenvalue weighted by Crippen LogP contribution is 2.29. The highest BCUT2D eigenvalue weighted by Gasteiger charge is 2.31. The summed E-state index contributed by atoms with van der Waals surface area (Å²) in [7, 11) is -2.97. The lowest BCUT2D eigenvalue weighted by atomic mass is 10.1. The van der Waals surface area contributed by atoms with Crippen LogP contribution in [0.1, 0.15) is 46.0 Å². The smallest absolute Gasteiger partial charge is 0.178 e. The molecule has 1 unspecified atom stereocenters. The van der Waals surface area contributed by atoms with Gasteiger partial charge in [0.25, 0.3) is 0 Å². The molecule has 0 aromatic carbocycles. The highest BCUT2D eigenvalue weighted by atomic mass is 35.5. The molecule has 0 N–H and O–H groups in total. The maximum atomic E-state index is 12.9. The van der Waals surface area contributed by atoms with Crippen LogP contribution in [0.3, 0.4) is 0 Å². The van der Waals surface area contributed by atoms with Gasteiger partial charge in [0, 0.05) is 34.4 Å². The van der Waals surface area contributed by atoms with Crippen LogP contribution in [0.4, 0.5) is 0 Å². The van der Waals surface area contributed by atoms with Crippen molar-refractivity contribution in [3.63, 3.8) is 0 Å². The summed E-state index contributed by atoms with van der Waals surface area (Å²) in [6.45, 7) is 7.69. The van der Waals surface area contributed by atoms with E-state index in [-0.39, 0.29) is 23.3 Å². The number of aryl methyl sites for hydroxylation is 1. The largest absolute Gasteiger partial charge is 0.344 e. The van der Waals surface area contributed by atoms with Crippen molar-refractivity contribution in [2.24, 2.45) is 0 Å². The third kappa shape index (κ3) is 4.65. The lowest BCUT2D eigenvalue weighted by Crippen LogP contribution is -2.29. The Morgan fingerprint density at radius 2 is 2.11 bits per heavy atom. The summed E-state index contributed by atoms with van der Waals surface area (Å²) < 4.78 is 26.5.